The van der Waals surface area contributed by atoms with Crippen LogP contribution in [0.5, 0.6) is 0 Å². The summed E-state index contributed by atoms with van der Waals surface area (Å²) < 4.78 is 0. The fourth-order valence-corrected chi connectivity index (χ4v) is 3.96. The van der Waals surface area contributed by atoms with Crippen molar-refractivity contribution in [3.63, 3.8) is 0 Å². The average Bonchev–Trinajstić information content (AvgIpc) is 3.08. The van der Waals surface area contributed by atoms with Gasteiger partial charge in [-0.15, -0.1) is 11.8 Å². The van der Waals surface area contributed by atoms with Crippen molar-refractivity contribution < 1.29 is 9.59 Å². The number of hydrogen-bond donors (Lipinski definition) is 1. The summed E-state index contributed by atoms with van der Waals surface area (Å²) >= 11 is 1.76. The number of anilines is 1. The van der Waals surface area contributed by atoms with E-state index in [1.54, 1.807) is 40.9 Å². The van der Waals surface area contributed by atoms with Gasteiger partial charge in [-0.05, 0) is 51.0 Å². The highest BCUT2D eigenvalue weighted by Gasteiger charge is 2.17. The minimum atomic E-state index is 0.0321. The maximum absolute atomic E-state index is 12.2. The maximum Gasteiger partial charge on any atom is 0.253 e. The predicted molar refractivity (Wildman–Crippen MR) is 97.0 cm³/mol. The Kier molecular flexibility index (Phi) is 6.96. The molecule has 1 N–H and O–H groups in total. The van der Waals surface area contributed by atoms with Crippen molar-refractivity contribution in [1.29, 1.82) is 0 Å². The smallest absolute Gasteiger partial charge is 0.253 e. The molecule has 2 rings (SSSR count). The van der Waals surface area contributed by atoms with Crippen molar-refractivity contribution in [2.45, 2.75) is 44.8 Å². The normalized spacial score (nSPS) is 14.7. The molecule has 1 aromatic rings. The lowest BCUT2D eigenvalue weighted by atomic mass is 10.2. The monoisotopic (exact) mass is 334 g/mol. The van der Waals surface area contributed by atoms with E-state index in [1.165, 1.54) is 25.7 Å². The van der Waals surface area contributed by atoms with E-state index >= 15 is 0 Å². The summed E-state index contributed by atoms with van der Waals surface area (Å²) in [6.07, 6.45) is 5.06. The highest BCUT2D eigenvalue weighted by atomic mass is 32.2. The highest BCUT2D eigenvalue weighted by Crippen LogP contribution is 2.29. The van der Waals surface area contributed by atoms with Crippen LogP contribution in [0, 0.1) is 0 Å². The number of carbonyl (C=O) groups excluding carboxylic acids is 2. The second-order valence-corrected chi connectivity index (χ2v) is 7.11. The predicted octanol–water partition coefficient (Wildman–Crippen LogP) is 3.78. The summed E-state index contributed by atoms with van der Waals surface area (Å²) in [6.45, 7) is 5.34. The van der Waals surface area contributed by atoms with E-state index in [1.807, 2.05) is 13.8 Å². The largest absolute Gasteiger partial charge is 0.339 e. The van der Waals surface area contributed by atoms with Crippen LogP contribution in [0.25, 0.3) is 0 Å². The fourth-order valence-electron chi connectivity index (χ4n) is 2.84. The molecule has 0 saturated heterocycles. The van der Waals surface area contributed by atoms with Gasteiger partial charge < -0.3 is 10.2 Å². The van der Waals surface area contributed by atoms with Gasteiger partial charge in [0.25, 0.3) is 5.91 Å². The van der Waals surface area contributed by atoms with Gasteiger partial charge >= 0.3 is 0 Å². The van der Waals surface area contributed by atoms with E-state index in [9.17, 15) is 9.59 Å². The van der Waals surface area contributed by atoms with Gasteiger partial charge in [0.2, 0.25) is 5.91 Å². The maximum atomic E-state index is 12.2. The first-order valence-corrected chi connectivity index (χ1v) is 9.49. The number of carbonyl (C=O) groups is 2. The zero-order valence-electron chi connectivity index (χ0n) is 14.0. The van der Waals surface area contributed by atoms with Gasteiger partial charge in [0.1, 0.15) is 0 Å². The van der Waals surface area contributed by atoms with Crippen LogP contribution in [-0.2, 0) is 4.79 Å². The van der Waals surface area contributed by atoms with Gasteiger partial charge in [0.15, 0.2) is 0 Å². The lowest BCUT2D eigenvalue weighted by molar-refractivity contribution is -0.113. The van der Waals surface area contributed by atoms with Crippen LogP contribution < -0.4 is 5.32 Å². The number of rotatable bonds is 7. The molecule has 1 aliphatic rings. The molecule has 0 radical (unpaired) electrons. The van der Waals surface area contributed by atoms with Gasteiger partial charge in [-0.25, -0.2) is 0 Å². The minimum absolute atomic E-state index is 0.0321. The molecule has 1 aromatic carbocycles. The molecule has 0 aromatic heterocycles. The Bertz CT molecular complexity index is 520. The van der Waals surface area contributed by atoms with Crippen molar-refractivity contribution in [3.8, 4) is 0 Å². The molecule has 0 unspecified atom stereocenters. The van der Waals surface area contributed by atoms with Crippen LogP contribution in [0.15, 0.2) is 24.3 Å². The number of nitrogens with zero attached hydrogens (tertiary/aromatic N) is 1. The summed E-state index contributed by atoms with van der Waals surface area (Å²) in [6, 6.07) is 7.16. The quantitative estimate of drug-likeness (QED) is 0.825. The molecule has 1 aliphatic carbocycles. The van der Waals surface area contributed by atoms with Crippen molar-refractivity contribution in [2.24, 2.45) is 0 Å². The Hall–Kier alpha value is -1.49. The number of amides is 2. The van der Waals surface area contributed by atoms with E-state index in [2.05, 4.69) is 5.32 Å². The Morgan fingerprint density at radius 1 is 1.13 bits per heavy atom. The molecule has 2 amide bonds. The minimum Gasteiger partial charge on any atom is -0.339 e. The molecule has 1 saturated carbocycles. The number of nitrogens with one attached hydrogen (secondary N) is 1. The van der Waals surface area contributed by atoms with Crippen molar-refractivity contribution in [1.82, 2.24) is 4.90 Å². The van der Waals surface area contributed by atoms with Crippen molar-refractivity contribution in [3.05, 3.63) is 29.8 Å². The topological polar surface area (TPSA) is 49.4 Å². The SMILES string of the molecule is CCN(CC)C(=O)c1ccc(NC(=O)CSC2CCCC2)cc1. The lowest BCUT2D eigenvalue weighted by Gasteiger charge is -2.18. The molecule has 0 bridgehead atoms. The van der Waals surface area contributed by atoms with E-state index in [-0.39, 0.29) is 11.8 Å². The summed E-state index contributed by atoms with van der Waals surface area (Å²) in [4.78, 5) is 26.0. The van der Waals surface area contributed by atoms with Crippen LogP contribution >= 0.6 is 11.8 Å². The highest BCUT2D eigenvalue weighted by molar-refractivity contribution is 8.00. The molecule has 0 heterocycles. The van der Waals surface area contributed by atoms with Gasteiger partial charge in [-0.1, -0.05) is 12.8 Å². The number of hydrogen-bond acceptors (Lipinski definition) is 3. The van der Waals surface area contributed by atoms with E-state index in [0.29, 0.717) is 29.7 Å². The van der Waals surface area contributed by atoms with Gasteiger partial charge in [-0.2, -0.15) is 0 Å². The van der Waals surface area contributed by atoms with Crippen molar-refractivity contribution in [2.75, 3.05) is 24.2 Å². The van der Waals surface area contributed by atoms with Crippen molar-refractivity contribution >= 4 is 29.3 Å². The molecule has 126 valence electrons. The zero-order valence-corrected chi connectivity index (χ0v) is 14.8. The van der Waals surface area contributed by atoms with Crippen LogP contribution in [0.2, 0.25) is 0 Å². The van der Waals surface area contributed by atoms with E-state index in [0.717, 1.165) is 5.69 Å². The third kappa shape index (κ3) is 5.27. The number of thioether (sulfide) groups is 1. The molecular weight excluding hydrogens is 308 g/mol. The fraction of sp³-hybridized carbons (Fsp3) is 0.556. The van der Waals surface area contributed by atoms with Crippen LogP contribution in [0.3, 0.4) is 0 Å². The van der Waals surface area contributed by atoms with Crippen LogP contribution in [-0.4, -0.2) is 40.8 Å². The first-order valence-electron chi connectivity index (χ1n) is 8.44. The van der Waals surface area contributed by atoms with Gasteiger partial charge in [0, 0.05) is 29.6 Å². The third-order valence-corrected chi connectivity index (χ3v) is 5.59. The van der Waals surface area contributed by atoms with Gasteiger partial charge in [-0.3, -0.25) is 9.59 Å². The third-order valence-electron chi connectivity index (χ3n) is 4.22. The van der Waals surface area contributed by atoms with Crippen LogP contribution in [0.4, 0.5) is 5.69 Å². The van der Waals surface area contributed by atoms with E-state index in [4.69, 9.17) is 0 Å². The Labute approximate surface area is 143 Å². The first kappa shape index (κ1) is 17.9. The Morgan fingerprint density at radius 2 is 1.74 bits per heavy atom. The zero-order chi connectivity index (χ0) is 16.7. The second kappa shape index (κ2) is 8.96. The molecule has 0 atom stereocenters. The molecule has 4 nitrogen and oxygen atoms in total. The summed E-state index contributed by atoms with van der Waals surface area (Å²) in [5.74, 6) is 0.569. The molecule has 23 heavy (non-hydrogen) atoms. The summed E-state index contributed by atoms with van der Waals surface area (Å²) in [5.41, 5.74) is 1.41. The standard InChI is InChI=1S/C18H26N2O2S/c1-3-20(4-2)18(22)14-9-11-15(12-10-14)19-17(21)13-23-16-7-5-6-8-16/h9-12,16H,3-8,13H2,1-2H3,(H,19,21). The summed E-state index contributed by atoms with van der Waals surface area (Å²) in [5, 5.41) is 3.55. The lowest BCUT2D eigenvalue weighted by Crippen LogP contribution is -2.30. The molecule has 5 heteroatoms. The second-order valence-electron chi connectivity index (χ2n) is 5.82. The Balaban J connectivity index is 1.84. The molecule has 0 aliphatic heterocycles. The van der Waals surface area contributed by atoms with Gasteiger partial charge in [0.05, 0.1) is 5.75 Å². The van der Waals surface area contributed by atoms with E-state index < -0.39 is 0 Å². The first-order chi connectivity index (χ1) is 11.1. The number of benzene rings is 1. The summed E-state index contributed by atoms with van der Waals surface area (Å²) in [7, 11) is 0. The molecule has 1 fully saturated rings. The Morgan fingerprint density at radius 3 is 2.30 bits per heavy atom. The average molecular weight is 334 g/mol. The van der Waals surface area contributed by atoms with Crippen LogP contribution in [0.1, 0.15) is 49.9 Å². The molecule has 0 spiro atoms. The molecular formula is C18H26N2O2S.